The molecule has 0 heterocycles. The van der Waals surface area contributed by atoms with Gasteiger partial charge in [-0.05, 0) is 48.5 Å². The minimum atomic E-state index is -0.692. The number of carbonyl (C=O) groups excluding carboxylic acids is 1. The zero-order valence-corrected chi connectivity index (χ0v) is 15.7. The van der Waals surface area contributed by atoms with E-state index >= 15 is 0 Å². The molecule has 0 radical (unpaired) electrons. The van der Waals surface area contributed by atoms with E-state index in [0.29, 0.717) is 10.8 Å². The number of halogens is 4. The van der Waals surface area contributed by atoms with E-state index in [1.165, 1.54) is 24.3 Å². The zero-order valence-electron chi connectivity index (χ0n) is 13.5. The Balaban J connectivity index is 1.78. The largest absolute Gasteiger partial charge is 0.506 e. The van der Waals surface area contributed by atoms with Gasteiger partial charge >= 0.3 is 0 Å². The van der Waals surface area contributed by atoms with Gasteiger partial charge in [-0.15, -0.1) is 0 Å². The number of ether oxygens (including phenoxy) is 1. The van der Waals surface area contributed by atoms with E-state index in [-0.39, 0.29) is 27.0 Å². The molecule has 0 saturated carbocycles. The van der Waals surface area contributed by atoms with Crippen LogP contribution in [0.15, 0.2) is 54.6 Å². The number of rotatable bonds is 4. The van der Waals surface area contributed by atoms with Gasteiger partial charge in [-0.3, -0.25) is 4.79 Å². The average Bonchev–Trinajstić information content (AvgIpc) is 2.62. The number of phenolic OH excluding ortho intramolecular Hbond substituents is 1. The molecule has 2 N–H and O–H groups in total. The minimum Gasteiger partial charge on any atom is -0.506 e. The summed E-state index contributed by atoms with van der Waals surface area (Å²) in [6.45, 7) is 0. The van der Waals surface area contributed by atoms with E-state index < -0.39 is 17.5 Å². The summed E-state index contributed by atoms with van der Waals surface area (Å²) in [5, 5.41) is 13.0. The fourth-order valence-corrected chi connectivity index (χ4v) is 2.85. The Bertz CT molecular complexity index is 1010. The van der Waals surface area contributed by atoms with Crippen molar-refractivity contribution in [2.24, 2.45) is 0 Å². The summed E-state index contributed by atoms with van der Waals surface area (Å²) in [6.07, 6.45) is 0. The normalized spacial score (nSPS) is 10.5. The first-order valence-electron chi connectivity index (χ1n) is 7.56. The third-order valence-electron chi connectivity index (χ3n) is 3.50. The molecular weight excluding hydrogens is 416 g/mol. The van der Waals surface area contributed by atoms with Crippen LogP contribution in [0.5, 0.6) is 17.2 Å². The minimum absolute atomic E-state index is 0.0241. The van der Waals surface area contributed by atoms with Crippen LogP contribution in [0.4, 0.5) is 10.1 Å². The number of benzene rings is 3. The van der Waals surface area contributed by atoms with Crippen molar-refractivity contribution in [2.75, 3.05) is 5.32 Å². The van der Waals surface area contributed by atoms with E-state index in [1.807, 2.05) is 0 Å². The van der Waals surface area contributed by atoms with Crippen LogP contribution >= 0.6 is 34.8 Å². The molecule has 0 aliphatic heterocycles. The van der Waals surface area contributed by atoms with Gasteiger partial charge in [0.2, 0.25) is 0 Å². The number of aromatic hydroxyl groups is 1. The van der Waals surface area contributed by atoms with Crippen LogP contribution < -0.4 is 10.1 Å². The molecular formula is C19H11Cl3FNO3. The molecule has 0 atom stereocenters. The third kappa shape index (κ3) is 4.63. The van der Waals surface area contributed by atoms with Crippen molar-refractivity contribution in [1.82, 2.24) is 0 Å². The van der Waals surface area contributed by atoms with E-state index in [0.717, 1.165) is 6.07 Å². The van der Waals surface area contributed by atoms with Crippen molar-refractivity contribution < 1.29 is 19.0 Å². The van der Waals surface area contributed by atoms with Crippen molar-refractivity contribution >= 4 is 46.4 Å². The quantitative estimate of drug-likeness (QED) is 0.498. The molecule has 0 aliphatic rings. The highest BCUT2D eigenvalue weighted by Gasteiger charge is 2.16. The van der Waals surface area contributed by atoms with Crippen molar-refractivity contribution in [1.29, 1.82) is 0 Å². The maximum absolute atomic E-state index is 14.3. The highest BCUT2D eigenvalue weighted by molar-refractivity contribution is 6.36. The van der Waals surface area contributed by atoms with Gasteiger partial charge in [0.1, 0.15) is 11.5 Å². The van der Waals surface area contributed by atoms with Gasteiger partial charge in [0.25, 0.3) is 5.91 Å². The molecule has 1 amide bonds. The molecule has 3 aromatic rings. The second-order valence-corrected chi connectivity index (χ2v) is 6.72. The van der Waals surface area contributed by atoms with Crippen LogP contribution in [0, 0.1) is 5.82 Å². The van der Waals surface area contributed by atoms with Crippen molar-refractivity contribution in [3.8, 4) is 17.2 Å². The van der Waals surface area contributed by atoms with Crippen LogP contribution in [-0.2, 0) is 0 Å². The highest BCUT2D eigenvalue weighted by Crippen LogP contribution is 2.32. The fourth-order valence-electron chi connectivity index (χ4n) is 2.23. The molecule has 0 saturated heterocycles. The van der Waals surface area contributed by atoms with Gasteiger partial charge < -0.3 is 15.2 Å². The van der Waals surface area contributed by atoms with Crippen molar-refractivity contribution in [2.45, 2.75) is 0 Å². The lowest BCUT2D eigenvalue weighted by Gasteiger charge is -2.11. The van der Waals surface area contributed by atoms with Gasteiger partial charge in [0.15, 0.2) is 11.6 Å². The Morgan fingerprint density at radius 1 is 0.963 bits per heavy atom. The Kier molecular flexibility index (Phi) is 5.75. The van der Waals surface area contributed by atoms with Crippen LogP contribution in [0.1, 0.15) is 10.4 Å². The second-order valence-electron chi connectivity index (χ2n) is 5.44. The topological polar surface area (TPSA) is 58.6 Å². The number of carbonyl (C=O) groups is 1. The van der Waals surface area contributed by atoms with Gasteiger partial charge in [0.05, 0.1) is 10.6 Å². The van der Waals surface area contributed by atoms with Gasteiger partial charge in [-0.1, -0.05) is 34.8 Å². The van der Waals surface area contributed by atoms with Crippen molar-refractivity contribution in [3.05, 3.63) is 81.0 Å². The Morgan fingerprint density at radius 3 is 2.33 bits per heavy atom. The van der Waals surface area contributed by atoms with E-state index in [9.17, 15) is 14.3 Å². The maximum atomic E-state index is 14.3. The van der Waals surface area contributed by atoms with E-state index in [4.69, 9.17) is 39.5 Å². The first kappa shape index (κ1) is 19.3. The highest BCUT2D eigenvalue weighted by atomic mass is 35.5. The molecule has 3 aromatic carbocycles. The fraction of sp³-hybridized carbons (Fsp3) is 0. The standard InChI is InChI=1S/C19H11Cl3FNO3/c20-10-1-4-13(5-2-10)27-17-6-3-12(9-16(17)23)24-19(26)14-7-11(21)8-15(22)18(14)25/h1-9,25H,(H,24,26). The number of nitrogens with one attached hydrogen (secondary N) is 1. The molecule has 138 valence electrons. The number of anilines is 1. The average molecular weight is 427 g/mol. The van der Waals surface area contributed by atoms with E-state index in [1.54, 1.807) is 24.3 Å². The van der Waals surface area contributed by atoms with Crippen molar-refractivity contribution in [3.63, 3.8) is 0 Å². The summed E-state index contributed by atoms with van der Waals surface area (Å²) in [7, 11) is 0. The lowest BCUT2D eigenvalue weighted by atomic mass is 10.1. The summed E-state index contributed by atoms with van der Waals surface area (Å²) in [5.41, 5.74) is 0.0332. The molecule has 4 nitrogen and oxygen atoms in total. The molecule has 27 heavy (non-hydrogen) atoms. The van der Waals surface area contributed by atoms with Crippen LogP contribution in [-0.4, -0.2) is 11.0 Å². The molecule has 3 rings (SSSR count). The van der Waals surface area contributed by atoms with Gasteiger partial charge in [-0.25, -0.2) is 4.39 Å². The third-order valence-corrected chi connectivity index (χ3v) is 4.26. The molecule has 0 aromatic heterocycles. The summed E-state index contributed by atoms with van der Waals surface area (Å²) in [6, 6.07) is 12.9. The first-order valence-corrected chi connectivity index (χ1v) is 8.69. The SMILES string of the molecule is O=C(Nc1ccc(Oc2ccc(Cl)cc2)c(F)c1)c1cc(Cl)cc(Cl)c1O. The second kappa shape index (κ2) is 8.05. The molecule has 0 bridgehead atoms. The van der Waals surface area contributed by atoms with Gasteiger partial charge in [0, 0.05) is 21.8 Å². The maximum Gasteiger partial charge on any atom is 0.259 e. The number of amides is 1. The Morgan fingerprint density at radius 2 is 1.67 bits per heavy atom. The van der Waals surface area contributed by atoms with E-state index in [2.05, 4.69) is 5.32 Å². The molecule has 0 spiro atoms. The smallest absolute Gasteiger partial charge is 0.259 e. The number of hydrogen-bond acceptors (Lipinski definition) is 3. The number of phenols is 1. The lowest BCUT2D eigenvalue weighted by molar-refractivity contribution is 0.102. The zero-order chi connectivity index (χ0) is 19.6. The molecule has 0 fully saturated rings. The predicted octanol–water partition coefficient (Wildman–Crippen LogP) is 6.54. The predicted molar refractivity (Wildman–Crippen MR) is 104 cm³/mol. The summed E-state index contributed by atoms with van der Waals surface area (Å²) in [4.78, 5) is 12.3. The molecule has 8 heteroatoms. The van der Waals surface area contributed by atoms with Gasteiger partial charge in [-0.2, -0.15) is 0 Å². The summed E-state index contributed by atoms with van der Waals surface area (Å²) in [5.74, 6) is -1.40. The molecule has 0 unspecified atom stereocenters. The molecule has 0 aliphatic carbocycles. The summed E-state index contributed by atoms with van der Waals surface area (Å²) < 4.78 is 19.7. The van der Waals surface area contributed by atoms with Crippen LogP contribution in [0.25, 0.3) is 0 Å². The Labute approximate surface area is 169 Å². The monoisotopic (exact) mass is 425 g/mol. The van der Waals surface area contributed by atoms with Crippen LogP contribution in [0.2, 0.25) is 15.1 Å². The lowest BCUT2D eigenvalue weighted by Crippen LogP contribution is -2.12. The Hall–Kier alpha value is -2.47. The van der Waals surface area contributed by atoms with Crippen LogP contribution in [0.3, 0.4) is 0 Å². The number of hydrogen-bond donors (Lipinski definition) is 2. The summed E-state index contributed by atoms with van der Waals surface area (Å²) >= 11 is 17.4. The first-order chi connectivity index (χ1) is 12.8.